The Morgan fingerprint density at radius 2 is 1.10 bits per heavy atom. The van der Waals surface area contributed by atoms with Gasteiger partial charge in [0.25, 0.3) is 0 Å². The van der Waals surface area contributed by atoms with E-state index in [1.165, 1.54) is 69.7 Å². The van der Waals surface area contributed by atoms with Gasteiger partial charge < -0.3 is 4.90 Å². The summed E-state index contributed by atoms with van der Waals surface area (Å²) in [6.45, 7) is 0. The van der Waals surface area contributed by atoms with Gasteiger partial charge in [-0.25, -0.2) is 4.39 Å². The molecule has 1 aromatic heterocycles. The average molecular weight is 674 g/mol. The van der Waals surface area contributed by atoms with E-state index < -0.39 is 0 Å². The number of anilines is 3. The zero-order chi connectivity index (χ0) is 33.9. The van der Waals surface area contributed by atoms with E-state index in [1.807, 2.05) is 6.07 Å². The van der Waals surface area contributed by atoms with Crippen LogP contribution in [-0.2, 0) is 0 Å². The molecule has 2 aliphatic carbocycles. The molecule has 0 saturated carbocycles. The minimum Gasteiger partial charge on any atom is -0.310 e. The number of benzene rings is 7. The lowest BCUT2D eigenvalue weighted by molar-refractivity contribution is 0.628. The zero-order valence-electron chi connectivity index (χ0n) is 27.7. The first-order chi connectivity index (χ1) is 25.2. The lowest BCUT2D eigenvalue weighted by atomic mass is 9.69. The molecule has 8 aromatic rings. The molecule has 1 nitrogen and oxygen atoms in total. The molecule has 0 fully saturated rings. The molecule has 0 saturated heterocycles. The number of hydrogen-bond donors (Lipinski definition) is 0. The summed E-state index contributed by atoms with van der Waals surface area (Å²) in [6.07, 6.45) is 9.14. The Bertz CT molecular complexity index is 2840. The molecule has 0 N–H and O–H groups in total. The number of rotatable bonds is 5. The third kappa shape index (κ3) is 4.96. The van der Waals surface area contributed by atoms with Crippen LogP contribution in [0.3, 0.4) is 0 Å². The molecule has 0 amide bonds. The number of hydrogen-bond acceptors (Lipinski definition) is 2. The monoisotopic (exact) mass is 673 g/mol. The summed E-state index contributed by atoms with van der Waals surface area (Å²) in [6, 6.07) is 55.2. The van der Waals surface area contributed by atoms with Crippen LogP contribution in [0.25, 0.3) is 42.1 Å². The second-order valence-corrected chi connectivity index (χ2v) is 14.4. The van der Waals surface area contributed by atoms with Gasteiger partial charge in [0, 0.05) is 49.1 Å². The first-order valence-electron chi connectivity index (χ1n) is 17.5. The van der Waals surface area contributed by atoms with Crippen LogP contribution >= 0.6 is 11.3 Å². The summed E-state index contributed by atoms with van der Waals surface area (Å²) < 4.78 is 17.3. The molecule has 0 bridgehead atoms. The number of thiophene rings is 1. The van der Waals surface area contributed by atoms with Gasteiger partial charge in [0.15, 0.2) is 0 Å². The highest BCUT2D eigenvalue weighted by Crippen LogP contribution is 2.44. The molecule has 2 atom stereocenters. The van der Waals surface area contributed by atoms with Crippen molar-refractivity contribution in [3.05, 3.63) is 209 Å². The summed E-state index contributed by atoms with van der Waals surface area (Å²) in [4.78, 5) is 2.16. The predicted molar refractivity (Wildman–Crippen MR) is 214 cm³/mol. The van der Waals surface area contributed by atoms with Gasteiger partial charge in [-0.15, -0.1) is 11.3 Å². The minimum absolute atomic E-state index is 0.179. The van der Waals surface area contributed by atoms with E-state index in [-0.39, 0.29) is 17.7 Å². The van der Waals surface area contributed by atoms with Crippen molar-refractivity contribution in [3.63, 3.8) is 0 Å². The molecule has 2 unspecified atom stereocenters. The van der Waals surface area contributed by atoms with Crippen LogP contribution in [-0.4, -0.2) is 0 Å². The van der Waals surface area contributed by atoms with Crippen LogP contribution in [0.5, 0.6) is 0 Å². The Hall–Kier alpha value is -6.03. The number of nitrogens with zero attached hydrogens (tertiary/aromatic N) is 1. The topological polar surface area (TPSA) is 3.24 Å². The van der Waals surface area contributed by atoms with E-state index >= 15 is 0 Å². The molecule has 51 heavy (non-hydrogen) atoms. The Morgan fingerprint density at radius 1 is 0.471 bits per heavy atom. The fraction of sp³-hybridized carbons (Fsp3) is 0.0417. The van der Waals surface area contributed by atoms with Crippen LogP contribution in [0.15, 0.2) is 182 Å². The molecule has 0 radical (unpaired) electrons. The maximum atomic E-state index is 14.8. The van der Waals surface area contributed by atoms with Gasteiger partial charge >= 0.3 is 0 Å². The molecule has 0 aliphatic heterocycles. The summed E-state index contributed by atoms with van der Waals surface area (Å²) in [5.74, 6) is 0.117. The number of fused-ring (bicyclic) bond motifs is 6. The Labute approximate surface area is 299 Å². The van der Waals surface area contributed by atoms with Crippen LogP contribution in [0.2, 0.25) is 0 Å². The molecule has 3 heteroatoms. The second kappa shape index (κ2) is 12.1. The van der Waals surface area contributed by atoms with Crippen LogP contribution in [0, 0.1) is 17.7 Å². The Kier molecular flexibility index (Phi) is 7.07. The largest absolute Gasteiger partial charge is 0.310 e. The van der Waals surface area contributed by atoms with Gasteiger partial charge in [-0.1, -0.05) is 127 Å². The molecule has 2 aliphatic rings. The number of allylic oxidation sites excluding steroid dienone is 4. The van der Waals surface area contributed by atoms with E-state index in [0.717, 1.165) is 17.1 Å². The fourth-order valence-corrected chi connectivity index (χ4v) is 9.40. The quantitative estimate of drug-likeness (QED) is 0.176. The van der Waals surface area contributed by atoms with Crippen molar-refractivity contribution in [2.45, 2.75) is 0 Å². The van der Waals surface area contributed by atoms with Crippen LogP contribution in [0.1, 0.15) is 11.1 Å². The van der Waals surface area contributed by atoms with E-state index in [2.05, 4.69) is 163 Å². The second-order valence-electron chi connectivity index (χ2n) is 13.4. The summed E-state index contributed by atoms with van der Waals surface area (Å²) in [5, 5.41) is 7.54. The molecule has 1 heterocycles. The van der Waals surface area contributed by atoms with Crippen molar-refractivity contribution in [3.8, 4) is 0 Å². The third-order valence-corrected chi connectivity index (χ3v) is 11.7. The maximum absolute atomic E-state index is 14.8. The maximum Gasteiger partial charge on any atom is 0.125 e. The van der Waals surface area contributed by atoms with E-state index in [1.54, 1.807) is 23.5 Å². The van der Waals surface area contributed by atoms with Crippen molar-refractivity contribution in [1.82, 2.24) is 0 Å². The van der Waals surface area contributed by atoms with Gasteiger partial charge in [0.05, 0.1) is 0 Å². The normalized spacial score (nSPS) is 16.5. The van der Waals surface area contributed by atoms with E-state index in [9.17, 15) is 4.39 Å². The lowest BCUT2D eigenvalue weighted by Gasteiger charge is -2.34. The smallest absolute Gasteiger partial charge is 0.125 e. The highest BCUT2D eigenvalue weighted by atomic mass is 32.1. The summed E-state index contributed by atoms with van der Waals surface area (Å²) in [5.41, 5.74) is 7.95. The van der Waals surface area contributed by atoms with Gasteiger partial charge in [0.1, 0.15) is 5.82 Å². The third-order valence-electron chi connectivity index (χ3n) is 10.5. The van der Waals surface area contributed by atoms with Gasteiger partial charge in [-0.05, 0) is 98.1 Å². The summed E-state index contributed by atoms with van der Waals surface area (Å²) in [7, 11) is 0. The first-order valence-corrected chi connectivity index (χ1v) is 18.3. The predicted octanol–water partition coefficient (Wildman–Crippen LogP) is 11.6. The summed E-state index contributed by atoms with van der Waals surface area (Å²) >= 11 is 1.80. The van der Waals surface area contributed by atoms with Crippen LogP contribution in [0.4, 0.5) is 21.5 Å². The van der Waals surface area contributed by atoms with Gasteiger partial charge in [-0.3, -0.25) is 0 Å². The first kappa shape index (κ1) is 29.8. The number of halogens is 1. The van der Waals surface area contributed by atoms with E-state index in [4.69, 9.17) is 0 Å². The highest BCUT2D eigenvalue weighted by Gasteiger charge is 2.32. The van der Waals surface area contributed by atoms with Gasteiger partial charge in [-0.2, -0.15) is 0 Å². The Morgan fingerprint density at radius 3 is 1.92 bits per heavy atom. The SMILES string of the molecule is Fc1cccc(N(c2ccc(C3=c4ccccc4=C(c4cccc5ccccc45)C4C=CC=CC34)cc2)c2ccc3sc4ccccc4c3c2)c1. The van der Waals surface area contributed by atoms with Crippen molar-refractivity contribution in [2.24, 2.45) is 11.8 Å². The van der Waals surface area contributed by atoms with Gasteiger partial charge in [0.2, 0.25) is 0 Å². The minimum atomic E-state index is -0.257. The van der Waals surface area contributed by atoms with Crippen LogP contribution < -0.4 is 15.3 Å². The zero-order valence-corrected chi connectivity index (χ0v) is 28.5. The lowest BCUT2D eigenvalue weighted by Crippen LogP contribution is -2.40. The van der Waals surface area contributed by atoms with Crippen molar-refractivity contribution in [1.29, 1.82) is 0 Å². The molecule has 7 aromatic carbocycles. The Balaban J connectivity index is 1.16. The van der Waals surface area contributed by atoms with Crippen molar-refractivity contribution in [2.75, 3.05) is 4.90 Å². The van der Waals surface area contributed by atoms with E-state index in [0.29, 0.717) is 0 Å². The molecule has 242 valence electrons. The molecule has 10 rings (SSSR count). The highest BCUT2D eigenvalue weighted by molar-refractivity contribution is 7.25. The average Bonchev–Trinajstić information content (AvgIpc) is 3.55. The molecular weight excluding hydrogens is 642 g/mol. The standard InChI is InChI=1S/C48H32FNS/c49-33-13-10-14-35(29-33)50(36-27-28-46-44(30-36)38-16-7-8-22-45(38)51-46)34-25-23-32(24-26-34)47-40-17-3-5-19-42(40)48(43-20-6-4-18-41(43)47)39-21-9-12-31-11-1-2-15-37(31)39/h1-30,40,42H. The molecular formula is C48H32FNS. The van der Waals surface area contributed by atoms with Crippen molar-refractivity contribution < 1.29 is 4.39 Å². The fourth-order valence-electron chi connectivity index (χ4n) is 8.31. The molecule has 0 spiro atoms. The van der Waals surface area contributed by atoms with Crippen molar-refractivity contribution >= 4 is 70.5 Å².